The van der Waals surface area contributed by atoms with Gasteiger partial charge in [0.1, 0.15) is 12.1 Å². The highest BCUT2D eigenvalue weighted by Crippen LogP contribution is 2.50. The van der Waals surface area contributed by atoms with Gasteiger partial charge in [0, 0.05) is 21.7 Å². The molecule has 3 aromatic rings. The van der Waals surface area contributed by atoms with E-state index < -0.39 is 23.3 Å². The molecule has 0 aromatic heterocycles. The number of nitrogen functional groups attached to an aromatic ring is 1. The second-order valence-electron chi connectivity index (χ2n) is 8.20. The van der Waals surface area contributed by atoms with Gasteiger partial charge in [-0.05, 0) is 77.6 Å². The van der Waals surface area contributed by atoms with E-state index in [2.05, 4.69) is 0 Å². The summed E-state index contributed by atoms with van der Waals surface area (Å²) in [7, 11) is 0. The van der Waals surface area contributed by atoms with Crippen LogP contribution in [0.3, 0.4) is 0 Å². The van der Waals surface area contributed by atoms with Crippen molar-refractivity contribution in [2.45, 2.75) is 30.8 Å². The number of aldehydes is 1. The minimum Gasteiger partial charge on any atom is -0.398 e. The molecule has 164 valence electrons. The highest BCUT2D eigenvalue weighted by atomic mass is 35.5. The molecule has 3 atom stereocenters. The summed E-state index contributed by atoms with van der Waals surface area (Å²) < 4.78 is 14.1. The van der Waals surface area contributed by atoms with E-state index in [1.165, 1.54) is 12.1 Å². The van der Waals surface area contributed by atoms with Gasteiger partial charge in [-0.2, -0.15) is 0 Å². The molecule has 0 fully saturated rings. The molecule has 0 aliphatic heterocycles. The first-order chi connectivity index (χ1) is 15.2. The van der Waals surface area contributed by atoms with E-state index in [4.69, 9.17) is 28.9 Å². The van der Waals surface area contributed by atoms with Gasteiger partial charge in [0.05, 0.1) is 11.5 Å². The number of anilines is 1. The third-order valence-corrected chi connectivity index (χ3v) is 6.70. The van der Waals surface area contributed by atoms with Crippen molar-refractivity contribution in [3.63, 3.8) is 0 Å². The van der Waals surface area contributed by atoms with Crippen LogP contribution in [-0.2, 0) is 10.2 Å². The van der Waals surface area contributed by atoms with Gasteiger partial charge in [0.25, 0.3) is 0 Å². The van der Waals surface area contributed by atoms with Crippen LogP contribution in [0.4, 0.5) is 10.1 Å². The predicted molar refractivity (Wildman–Crippen MR) is 128 cm³/mol. The predicted octanol–water partition coefficient (Wildman–Crippen LogP) is 6.09. The van der Waals surface area contributed by atoms with Gasteiger partial charge in [0.2, 0.25) is 0 Å². The lowest BCUT2D eigenvalue weighted by molar-refractivity contribution is -0.112. The van der Waals surface area contributed by atoms with Gasteiger partial charge in [-0.3, -0.25) is 0 Å². The van der Waals surface area contributed by atoms with Crippen LogP contribution in [0.2, 0.25) is 10.0 Å². The van der Waals surface area contributed by atoms with Crippen molar-refractivity contribution in [3.8, 4) is 0 Å². The van der Waals surface area contributed by atoms with Crippen LogP contribution in [0.5, 0.6) is 0 Å². The van der Waals surface area contributed by atoms with Crippen molar-refractivity contribution in [1.29, 1.82) is 0 Å². The summed E-state index contributed by atoms with van der Waals surface area (Å²) in [5.41, 5.74) is 8.68. The van der Waals surface area contributed by atoms with Gasteiger partial charge in [-0.15, -0.1) is 0 Å². The quantitative estimate of drug-likeness (QED) is 0.358. The molecule has 1 aliphatic carbocycles. The van der Waals surface area contributed by atoms with Crippen molar-refractivity contribution in [2.24, 2.45) is 0 Å². The monoisotopic (exact) mass is 469 g/mol. The normalized spacial score (nSPS) is 23.0. The molecule has 0 amide bonds. The Morgan fingerprint density at radius 3 is 2.53 bits per heavy atom. The summed E-state index contributed by atoms with van der Waals surface area (Å²) in [4.78, 5) is 12.9. The molecule has 1 aliphatic rings. The zero-order chi connectivity index (χ0) is 23.0. The molecule has 0 saturated carbocycles. The molecule has 1 unspecified atom stereocenters. The van der Waals surface area contributed by atoms with Crippen LogP contribution in [0.25, 0.3) is 5.57 Å². The van der Waals surface area contributed by atoms with Crippen LogP contribution in [0.15, 0.2) is 66.7 Å². The van der Waals surface area contributed by atoms with Gasteiger partial charge in [-0.1, -0.05) is 53.5 Å². The lowest BCUT2D eigenvalue weighted by Crippen LogP contribution is -2.40. The Morgan fingerprint density at radius 2 is 1.84 bits per heavy atom. The van der Waals surface area contributed by atoms with Crippen molar-refractivity contribution in [3.05, 3.63) is 105 Å². The van der Waals surface area contributed by atoms with E-state index in [1.54, 1.807) is 48.5 Å². The first-order valence-electron chi connectivity index (χ1n) is 10.2. The molecule has 4 rings (SSSR count). The van der Waals surface area contributed by atoms with Crippen LogP contribution < -0.4 is 5.73 Å². The number of nitrogens with two attached hydrogens (primary N) is 1. The summed E-state index contributed by atoms with van der Waals surface area (Å²) in [6.45, 7) is 1.84. The molecule has 0 saturated heterocycles. The molecule has 3 aromatic carbocycles. The maximum absolute atomic E-state index is 14.1. The van der Waals surface area contributed by atoms with Crippen LogP contribution in [-0.4, -0.2) is 17.5 Å². The Morgan fingerprint density at radius 1 is 1.09 bits per heavy atom. The summed E-state index contributed by atoms with van der Waals surface area (Å²) in [5, 5.41) is 12.1. The summed E-state index contributed by atoms with van der Waals surface area (Å²) in [5.74, 6) is -0.867. The second kappa shape index (κ2) is 8.70. The highest BCUT2D eigenvalue weighted by Gasteiger charge is 2.46. The number of benzene rings is 3. The molecule has 3 nitrogen and oxygen atoms in total. The molecule has 0 spiro atoms. The molecule has 0 radical (unpaired) electrons. The van der Waals surface area contributed by atoms with E-state index in [0.717, 1.165) is 17.4 Å². The van der Waals surface area contributed by atoms with Crippen molar-refractivity contribution < 1.29 is 14.3 Å². The fourth-order valence-corrected chi connectivity index (χ4v) is 5.05. The third-order valence-electron chi connectivity index (χ3n) is 6.23. The zero-order valence-corrected chi connectivity index (χ0v) is 18.9. The molecule has 3 N–H and O–H groups in total. The van der Waals surface area contributed by atoms with Crippen LogP contribution in [0, 0.1) is 12.7 Å². The lowest BCUT2D eigenvalue weighted by atomic mass is 9.61. The Bertz CT molecular complexity index is 1230. The average Bonchev–Trinajstić information content (AvgIpc) is 2.76. The second-order valence-corrected chi connectivity index (χ2v) is 9.07. The van der Waals surface area contributed by atoms with Crippen molar-refractivity contribution in [1.82, 2.24) is 0 Å². The number of carbonyl (C=O) groups excluding carboxylic acids is 1. The number of aliphatic hydroxyl groups is 1. The Kier molecular flexibility index (Phi) is 6.13. The number of rotatable bonds is 4. The average molecular weight is 470 g/mol. The largest absolute Gasteiger partial charge is 0.398 e. The van der Waals surface area contributed by atoms with Gasteiger partial charge < -0.3 is 15.6 Å². The number of hydrogen-bond acceptors (Lipinski definition) is 3. The first kappa shape index (κ1) is 22.5. The molecule has 0 bridgehead atoms. The summed E-state index contributed by atoms with van der Waals surface area (Å²) >= 11 is 12.4. The summed E-state index contributed by atoms with van der Waals surface area (Å²) in [6, 6.07) is 16.6. The number of allylic oxidation sites excluding steroid dienone is 1. The SMILES string of the molecule is Cc1ccc(F)cc1C1=C[C@](C=O)(c2ccc(Cl)cc2N)[C@H](c2cccc(Cl)c2)CC1O. The number of hydrogen-bond donors (Lipinski definition) is 2. The van der Waals surface area contributed by atoms with Crippen LogP contribution >= 0.6 is 23.2 Å². The molecular formula is C26H22Cl2FNO2. The van der Waals surface area contributed by atoms with Crippen molar-refractivity contribution >= 4 is 40.7 Å². The number of aliphatic hydroxyl groups excluding tert-OH is 1. The minimum atomic E-state index is -1.22. The number of halogens is 3. The molecule has 0 heterocycles. The Hall–Kier alpha value is -2.66. The smallest absolute Gasteiger partial charge is 0.135 e. The number of aryl methyl sites for hydroxylation is 1. The first-order valence-corrected chi connectivity index (χ1v) is 11.0. The van der Waals surface area contributed by atoms with Crippen molar-refractivity contribution in [2.75, 3.05) is 5.73 Å². The van der Waals surface area contributed by atoms with E-state index in [9.17, 15) is 14.3 Å². The van der Waals surface area contributed by atoms with E-state index >= 15 is 0 Å². The van der Waals surface area contributed by atoms with E-state index in [1.807, 2.05) is 13.0 Å². The lowest BCUT2D eigenvalue weighted by Gasteiger charge is -2.42. The van der Waals surface area contributed by atoms with Gasteiger partial charge >= 0.3 is 0 Å². The van der Waals surface area contributed by atoms with Gasteiger partial charge in [-0.25, -0.2) is 4.39 Å². The Balaban J connectivity index is 2.02. The summed E-state index contributed by atoms with van der Waals surface area (Å²) in [6.07, 6.45) is 1.88. The maximum atomic E-state index is 14.1. The number of carbonyl (C=O) groups is 1. The fraction of sp³-hybridized carbons (Fsp3) is 0.192. The topological polar surface area (TPSA) is 63.3 Å². The molecule has 32 heavy (non-hydrogen) atoms. The Labute approximate surface area is 196 Å². The minimum absolute atomic E-state index is 0.225. The van der Waals surface area contributed by atoms with Crippen LogP contribution in [0.1, 0.15) is 34.6 Å². The molecular weight excluding hydrogens is 448 g/mol. The standard InChI is InChI=1S/C26H22Cl2FNO2/c1-15-5-7-19(29)11-20(15)21-13-26(14-31,22-8-6-18(28)10-24(22)30)23(12-25(21)32)16-3-2-4-17(27)9-16/h2-11,13-14,23,25,32H,12,30H2,1H3/t23-,25?,26-/m0/s1. The third kappa shape index (κ3) is 3.95. The highest BCUT2D eigenvalue weighted by molar-refractivity contribution is 6.31. The fourth-order valence-electron chi connectivity index (χ4n) is 4.67. The van der Waals surface area contributed by atoms with Gasteiger partial charge in [0.15, 0.2) is 0 Å². The molecule has 6 heteroatoms. The maximum Gasteiger partial charge on any atom is 0.135 e. The van der Waals surface area contributed by atoms with E-state index in [-0.39, 0.29) is 6.42 Å². The zero-order valence-electron chi connectivity index (χ0n) is 17.4. The van der Waals surface area contributed by atoms with E-state index in [0.29, 0.717) is 32.4 Å².